The summed E-state index contributed by atoms with van der Waals surface area (Å²) in [6.45, 7) is 1.24. The molecule has 2 heterocycles. The molecule has 1 aromatic heterocycles. The second-order valence-corrected chi connectivity index (χ2v) is 6.87. The summed E-state index contributed by atoms with van der Waals surface area (Å²) in [6, 6.07) is 4.47. The van der Waals surface area contributed by atoms with Gasteiger partial charge in [0.25, 0.3) is 0 Å². The molecule has 1 N–H and O–H groups in total. The van der Waals surface area contributed by atoms with Crippen LogP contribution < -0.4 is 5.32 Å². The maximum absolute atomic E-state index is 14.2. The summed E-state index contributed by atoms with van der Waals surface area (Å²) in [4.78, 5) is 30.2. The quantitative estimate of drug-likeness (QED) is 0.908. The molecule has 136 valence electrons. The topological polar surface area (TPSA) is 80.1 Å². The number of amides is 2. The third-order valence-corrected chi connectivity index (χ3v) is 4.98. The van der Waals surface area contributed by atoms with E-state index in [0.29, 0.717) is 31.6 Å². The Bertz CT molecular complexity index is 811. The number of carbonyl (C=O) groups excluding carboxylic acids is 2. The van der Waals surface area contributed by atoms with Crippen LogP contribution in [0, 0.1) is 17.7 Å². The summed E-state index contributed by atoms with van der Waals surface area (Å²) in [6.07, 6.45) is 6.02. The van der Waals surface area contributed by atoms with Crippen LogP contribution in [0.25, 0.3) is 5.69 Å². The van der Waals surface area contributed by atoms with Crippen LogP contribution in [0.15, 0.2) is 30.9 Å². The van der Waals surface area contributed by atoms with E-state index in [0.717, 1.165) is 12.8 Å². The molecule has 8 heteroatoms. The standard InChI is InChI=1S/C18H20FN5O2/c19-15-9-14(3-4-16(15)24-11-20-10-21-24)22-17(25)12-5-7-23(8-6-12)18(26)13-1-2-13/h3-4,9-13H,1-2,5-8H2,(H,22,25). The number of piperidine rings is 1. The molecule has 1 saturated heterocycles. The largest absolute Gasteiger partial charge is 0.342 e. The first kappa shape index (κ1) is 16.7. The van der Waals surface area contributed by atoms with Gasteiger partial charge in [0.1, 0.15) is 18.3 Å². The molecule has 26 heavy (non-hydrogen) atoms. The number of halogens is 1. The Labute approximate surface area is 150 Å². The molecule has 7 nitrogen and oxygen atoms in total. The van der Waals surface area contributed by atoms with Crippen LogP contribution in [0.2, 0.25) is 0 Å². The molecule has 0 radical (unpaired) electrons. The van der Waals surface area contributed by atoms with Crippen molar-refractivity contribution in [3.63, 3.8) is 0 Å². The van der Waals surface area contributed by atoms with E-state index < -0.39 is 5.82 Å². The Morgan fingerprint density at radius 3 is 2.50 bits per heavy atom. The van der Waals surface area contributed by atoms with Gasteiger partial charge in [-0.15, -0.1) is 0 Å². The first-order valence-electron chi connectivity index (χ1n) is 8.86. The van der Waals surface area contributed by atoms with E-state index >= 15 is 0 Å². The van der Waals surface area contributed by atoms with Crippen LogP contribution in [-0.2, 0) is 9.59 Å². The van der Waals surface area contributed by atoms with Gasteiger partial charge in [-0.3, -0.25) is 9.59 Å². The fraction of sp³-hybridized carbons (Fsp3) is 0.444. The molecule has 1 aliphatic heterocycles. The van der Waals surface area contributed by atoms with Gasteiger partial charge < -0.3 is 10.2 Å². The van der Waals surface area contributed by atoms with E-state index in [1.165, 1.54) is 23.4 Å². The number of nitrogens with one attached hydrogen (secondary N) is 1. The predicted octanol–water partition coefficient (Wildman–Crippen LogP) is 1.99. The summed E-state index contributed by atoms with van der Waals surface area (Å²) < 4.78 is 15.6. The number of rotatable bonds is 4. The minimum Gasteiger partial charge on any atom is -0.342 e. The van der Waals surface area contributed by atoms with Gasteiger partial charge in [0, 0.05) is 30.6 Å². The number of nitrogens with zero attached hydrogens (tertiary/aromatic N) is 4. The van der Waals surface area contributed by atoms with Crippen molar-refractivity contribution in [1.29, 1.82) is 0 Å². The normalized spacial score (nSPS) is 18.0. The van der Waals surface area contributed by atoms with Gasteiger partial charge in [-0.1, -0.05) is 0 Å². The number of likely N-dealkylation sites (tertiary alicyclic amines) is 1. The van der Waals surface area contributed by atoms with Crippen LogP contribution in [0.5, 0.6) is 0 Å². The number of hydrogen-bond donors (Lipinski definition) is 1. The average molecular weight is 357 g/mol. The zero-order valence-corrected chi connectivity index (χ0v) is 14.3. The van der Waals surface area contributed by atoms with Crippen LogP contribution in [-0.4, -0.2) is 44.6 Å². The fourth-order valence-electron chi connectivity index (χ4n) is 3.30. The van der Waals surface area contributed by atoms with E-state index in [1.807, 2.05) is 4.90 Å². The van der Waals surface area contributed by atoms with Crippen molar-refractivity contribution < 1.29 is 14.0 Å². The lowest BCUT2D eigenvalue weighted by Gasteiger charge is -2.31. The summed E-state index contributed by atoms with van der Waals surface area (Å²) in [5, 5.41) is 6.67. The zero-order valence-electron chi connectivity index (χ0n) is 14.3. The van der Waals surface area contributed by atoms with Gasteiger partial charge in [0.2, 0.25) is 11.8 Å². The van der Waals surface area contributed by atoms with Gasteiger partial charge in [-0.05, 0) is 43.9 Å². The minimum absolute atomic E-state index is 0.128. The Kier molecular flexibility index (Phi) is 4.40. The number of aromatic nitrogens is 3. The van der Waals surface area contributed by atoms with E-state index in [9.17, 15) is 14.0 Å². The number of carbonyl (C=O) groups is 2. The lowest BCUT2D eigenvalue weighted by atomic mass is 9.95. The molecule has 1 saturated carbocycles. The Morgan fingerprint density at radius 2 is 1.88 bits per heavy atom. The lowest BCUT2D eigenvalue weighted by molar-refractivity contribution is -0.135. The number of hydrogen-bond acceptors (Lipinski definition) is 4. The highest BCUT2D eigenvalue weighted by Crippen LogP contribution is 2.32. The molecular weight excluding hydrogens is 337 g/mol. The Balaban J connectivity index is 1.35. The van der Waals surface area contributed by atoms with Crippen molar-refractivity contribution in [2.45, 2.75) is 25.7 Å². The molecule has 0 bridgehead atoms. The SMILES string of the molecule is O=C(Nc1ccc(-n2cncn2)c(F)c1)C1CCN(C(=O)C2CC2)CC1. The lowest BCUT2D eigenvalue weighted by Crippen LogP contribution is -2.42. The predicted molar refractivity (Wildman–Crippen MR) is 92.0 cm³/mol. The first-order valence-corrected chi connectivity index (χ1v) is 8.86. The number of benzene rings is 1. The van der Waals surface area contributed by atoms with Crippen molar-refractivity contribution in [2.75, 3.05) is 18.4 Å². The Hall–Kier alpha value is -2.77. The van der Waals surface area contributed by atoms with Crippen LogP contribution >= 0.6 is 0 Å². The molecule has 4 rings (SSSR count). The molecule has 0 unspecified atom stereocenters. The van der Waals surface area contributed by atoms with E-state index in [2.05, 4.69) is 15.4 Å². The maximum atomic E-state index is 14.2. The van der Waals surface area contributed by atoms with Gasteiger partial charge in [0.15, 0.2) is 5.82 Å². The smallest absolute Gasteiger partial charge is 0.227 e. The summed E-state index contributed by atoms with van der Waals surface area (Å²) in [5.41, 5.74) is 0.681. The molecule has 1 aliphatic carbocycles. The van der Waals surface area contributed by atoms with Crippen LogP contribution in [0.3, 0.4) is 0 Å². The number of anilines is 1. The van der Waals surface area contributed by atoms with Gasteiger partial charge >= 0.3 is 0 Å². The van der Waals surface area contributed by atoms with E-state index in [1.54, 1.807) is 12.1 Å². The second kappa shape index (κ2) is 6.86. The Morgan fingerprint density at radius 1 is 1.12 bits per heavy atom. The van der Waals surface area contributed by atoms with Gasteiger partial charge in [-0.25, -0.2) is 14.1 Å². The zero-order chi connectivity index (χ0) is 18.1. The van der Waals surface area contributed by atoms with Crippen molar-refractivity contribution in [2.24, 2.45) is 11.8 Å². The highest BCUT2D eigenvalue weighted by molar-refractivity contribution is 5.93. The molecule has 1 aromatic carbocycles. The highest BCUT2D eigenvalue weighted by Gasteiger charge is 2.35. The van der Waals surface area contributed by atoms with Crippen LogP contribution in [0.4, 0.5) is 10.1 Å². The monoisotopic (exact) mass is 357 g/mol. The van der Waals surface area contributed by atoms with Gasteiger partial charge in [0.05, 0.1) is 0 Å². The summed E-state index contributed by atoms with van der Waals surface area (Å²) in [7, 11) is 0. The molecule has 0 atom stereocenters. The van der Waals surface area contributed by atoms with Crippen LogP contribution in [0.1, 0.15) is 25.7 Å². The average Bonchev–Trinajstić information content (AvgIpc) is 3.36. The molecule has 2 aliphatic rings. The van der Waals surface area contributed by atoms with E-state index in [-0.39, 0.29) is 29.3 Å². The minimum atomic E-state index is -0.488. The second-order valence-electron chi connectivity index (χ2n) is 6.87. The summed E-state index contributed by atoms with van der Waals surface area (Å²) >= 11 is 0. The van der Waals surface area contributed by atoms with Crippen molar-refractivity contribution in [3.8, 4) is 5.69 Å². The molecule has 2 fully saturated rings. The highest BCUT2D eigenvalue weighted by atomic mass is 19.1. The molecular formula is C18H20FN5O2. The van der Waals surface area contributed by atoms with Crippen molar-refractivity contribution in [1.82, 2.24) is 19.7 Å². The van der Waals surface area contributed by atoms with Crippen molar-refractivity contribution >= 4 is 17.5 Å². The maximum Gasteiger partial charge on any atom is 0.227 e. The third-order valence-electron chi connectivity index (χ3n) is 4.98. The van der Waals surface area contributed by atoms with Crippen molar-refractivity contribution in [3.05, 3.63) is 36.7 Å². The van der Waals surface area contributed by atoms with Gasteiger partial charge in [-0.2, -0.15) is 5.10 Å². The third kappa shape index (κ3) is 3.44. The van der Waals surface area contributed by atoms with E-state index in [4.69, 9.17) is 0 Å². The molecule has 0 spiro atoms. The molecule has 2 amide bonds. The summed E-state index contributed by atoms with van der Waals surface area (Å²) in [5.74, 6) is -0.327. The first-order chi connectivity index (χ1) is 12.6. The molecule has 2 aromatic rings. The fourth-order valence-corrected chi connectivity index (χ4v) is 3.30.